The molecule has 0 aliphatic carbocycles. The SMILES string of the molecule is COc1ccc(C(C)CCNC(=O)C2CCCCN2)cc1. The molecule has 0 saturated carbocycles. The molecule has 1 heterocycles. The van der Waals surface area contributed by atoms with Crippen LogP contribution in [0.5, 0.6) is 5.75 Å². The van der Waals surface area contributed by atoms with Gasteiger partial charge in [-0.15, -0.1) is 0 Å². The predicted octanol–water partition coefficient (Wildman–Crippen LogP) is 2.45. The highest BCUT2D eigenvalue weighted by Crippen LogP contribution is 2.21. The summed E-state index contributed by atoms with van der Waals surface area (Å²) < 4.78 is 5.16. The van der Waals surface area contributed by atoms with E-state index in [-0.39, 0.29) is 11.9 Å². The highest BCUT2D eigenvalue weighted by Gasteiger charge is 2.19. The van der Waals surface area contributed by atoms with Gasteiger partial charge in [0, 0.05) is 6.54 Å². The van der Waals surface area contributed by atoms with Gasteiger partial charge in [0.15, 0.2) is 0 Å². The number of amides is 1. The van der Waals surface area contributed by atoms with Crippen molar-refractivity contribution in [1.82, 2.24) is 10.6 Å². The molecule has 2 unspecified atom stereocenters. The molecule has 1 aliphatic heterocycles. The van der Waals surface area contributed by atoms with Gasteiger partial charge >= 0.3 is 0 Å². The first kappa shape index (κ1) is 15.8. The monoisotopic (exact) mass is 290 g/mol. The highest BCUT2D eigenvalue weighted by molar-refractivity contribution is 5.81. The summed E-state index contributed by atoms with van der Waals surface area (Å²) in [5, 5.41) is 6.32. The zero-order chi connectivity index (χ0) is 15.1. The van der Waals surface area contributed by atoms with Gasteiger partial charge in [-0.25, -0.2) is 0 Å². The lowest BCUT2D eigenvalue weighted by Crippen LogP contribution is -2.46. The van der Waals surface area contributed by atoms with Crippen molar-refractivity contribution >= 4 is 5.91 Å². The highest BCUT2D eigenvalue weighted by atomic mass is 16.5. The first-order valence-corrected chi connectivity index (χ1v) is 7.85. The molecule has 2 atom stereocenters. The third-order valence-electron chi connectivity index (χ3n) is 4.19. The summed E-state index contributed by atoms with van der Waals surface area (Å²) in [5.74, 6) is 1.45. The van der Waals surface area contributed by atoms with Crippen LogP contribution < -0.4 is 15.4 Å². The molecule has 1 amide bonds. The van der Waals surface area contributed by atoms with Crippen LogP contribution in [0.4, 0.5) is 0 Å². The minimum absolute atomic E-state index is 0.00930. The van der Waals surface area contributed by atoms with Crippen molar-refractivity contribution in [2.24, 2.45) is 0 Å². The van der Waals surface area contributed by atoms with E-state index in [1.165, 1.54) is 12.0 Å². The van der Waals surface area contributed by atoms with E-state index in [1.807, 2.05) is 12.1 Å². The van der Waals surface area contributed by atoms with Crippen molar-refractivity contribution in [2.75, 3.05) is 20.2 Å². The molecule has 0 bridgehead atoms. The van der Waals surface area contributed by atoms with Gasteiger partial charge in [-0.1, -0.05) is 25.5 Å². The van der Waals surface area contributed by atoms with Gasteiger partial charge in [0.25, 0.3) is 0 Å². The van der Waals surface area contributed by atoms with Gasteiger partial charge < -0.3 is 15.4 Å². The van der Waals surface area contributed by atoms with Gasteiger partial charge in [0.2, 0.25) is 5.91 Å². The molecule has 21 heavy (non-hydrogen) atoms. The Bertz CT molecular complexity index is 439. The number of nitrogens with one attached hydrogen (secondary N) is 2. The van der Waals surface area contributed by atoms with Crippen LogP contribution in [0.3, 0.4) is 0 Å². The minimum atomic E-state index is 0.00930. The number of carbonyl (C=O) groups excluding carboxylic acids is 1. The summed E-state index contributed by atoms with van der Waals surface area (Å²) in [6.45, 7) is 3.87. The maximum absolute atomic E-state index is 12.0. The molecular weight excluding hydrogens is 264 g/mol. The van der Waals surface area contributed by atoms with Crippen molar-refractivity contribution in [3.63, 3.8) is 0 Å². The van der Waals surface area contributed by atoms with Gasteiger partial charge in [-0.3, -0.25) is 4.79 Å². The molecule has 1 aromatic carbocycles. The Balaban J connectivity index is 1.72. The maximum atomic E-state index is 12.0. The Labute approximate surface area is 127 Å². The standard InChI is InChI=1S/C17H26N2O2/c1-13(14-6-8-15(21-2)9-7-14)10-12-19-17(20)16-5-3-4-11-18-16/h6-9,13,16,18H,3-5,10-12H2,1-2H3,(H,19,20). The molecule has 1 saturated heterocycles. The summed E-state index contributed by atoms with van der Waals surface area (Å²) >= 11 is 0. The van der Waals surface area contributed by atoms with E-state index in [1.54, 1.807) is 7.11 Å². The van der Waals surface area contributed by atoms with Crippen LogP contribution in [0, 0.1) is 0 Å². The third kappa shape index (κ3) is 4.74. The first-order valence-electron chi connectivity index (χ1n) is 7.85. The van der Waals surface area contributed by atoms with Crippen LogP contribution in [-0.2, 0) is 4.79 Å². The molecule has 4 nitrogen and oxygen atoms in total. The number of piperidine rings is 1. The predicted molar refractivity (Wildman–Crippen MR) is 84.7 cm³/mol. The molecule has 116 valence electrons. The number of rotatable bonds is 6. The summed E-state index contributed by atoms with van der Waals surface area (Å²) in [7, 11) is 1.67. The van der Waals surface area contributed by atoms with Crippen LogP contribution in [0.15, 0.2) is 24.3 Å². The van der Waals surface area contributed by atoms with Crippen molar-refractivity contribution in [2.45, 2.75) is 44.6 Å². The number of methoxy groups -OCH3 is 1. The Kier molecular flexibility index (Phi) is 6.05. The fraction of sp³-hybridized carbons (Fsp3) is 0.588. The van der Waals surface area contributed by atoms with Gasteiger partial charge in [0.1, 0.15) is 5.75 Å². The number of benzene rings is 1. The summed E-state index contributed by atoms with van der Waals surface area (Å²) in [6.07, 6.45) is 4.23. The van der Waals surface area contributed by atoms with Crippen LogP contribution >= 0.6 is 0 Å². The fourth-order valence-corrected chi connectivity index (χ4v) is 2.71. The molecule has 0 radical (unpaired) electrons. The Hall–Kier alpha value is -1.55. The molecular formula is C17H26N2O2. The smallest absolute Gasteiger partial charge is 0.237 e. The average Bonchev–Trinajstić information content (AvgIpc) is 2.55. The van der Waals surface area contributed by atoms with Crippen molar-refractivity contribution in [1.29, 1.82) is 0 Å². The molecule has 2 N–H and O–H groups in total. The first-order chi connectivity index (χ1) is 10.2. The van der Waals surface area contributed by atoms with E-state index in [9.17, 15) is 4.79 Å². The molecule has 0 spiro atoms. The lowest BCUT2D eigenvalue weighted by molar-refractivity contribution is -0.123. The zero-order valence-electron chi connectivity index (χ0n) is 13.0. The second-order valence-electron chi connectivity index (χ2n) is 5.76. The number of carbonyl (C=O) groups is 1. The lowest BCUT2D eigenvalue weighted by atomic mass is 9.97. The molecule has 1 aliphatic rings. The molecule has 2 rings (SSSR count). The van der Waals surface area contributed by atoms with Gasteiger partial charge in [-0.05, 0) is 49.4 Å². The minimum Gasteiger partial charge on any atom is -0.497 e. The van der Waals surface area contributed by atoms with Crippen LogP contribution in [0.2, 0.25) is 0 Å². The largest absolute Gasteiger partial charge is 0.497 e. The van der Waals surface area contributed by atoms with Crippen LogP contribution in [0.1, 0.15) is 44.1 Å². The van der Waals surface area contributed by atoms with E-state index in [2.05, 4.69) is 29.7 Å². The van der Waals surface area contributed by atoms with Gasteiger partial charge in [-0.2, -0.15) is 0 Å². The van der Waals surface area contributed by atoms with Crippen molar-refractivity contribution in [3.8, 4) is 5.75 Å². The summed E-state index contributed by atoms with van der Waals surface area (Å²) in [6, 6.07) is 8.16. The van der Waals surface area contributed by atoms with Crippen molar-refractivity contribution in [3.05, 3.63) is 29.8 Å². The molecule has 1 fully saturated rings. The van der Waals surface area contributed by atoms with Crippen LogP contribution in [-0.4, -0.2) is 32.1 Å². The number of hydrogen-bond acceptors (Lipinski definition) is 3. The second-order valence-corrected chi connectivity index (χ2v) is 5.76. The topological polar surface area (TPSA) is 50.4 Å². The summed E-state index contributed by atoms with van der Waals surface area (Å²) in [4.78, 5) is 12.0. The Morgan fingerprint density at radius 2 is 2.14 bits per heavy atom. The quantitative estimate of drug-likeness (QED) is 0.846. The average molecular weight is 290 g/mol. The van der Waals surface area contributed by atoms with Crippen LogP contribution in [0.25, 0.3) is 0 Å². The Morgan fingerprint density at radius 1 is 1.38 bits per heavy atom. The second kappa shape index (κ2) is 8.03. The summed E-state index contributed by atoms with van der Waals surface area (Å²) in [5.41, 5.74) is 1.28. The number of hydrogen-bond donors (Lipinski definition) is 2. The van der Waals surface area contributed by atoms with E-state index >= 15 is 0 Å². The molecule has 1 aromatic rings. The molecule has 0 aromatic heterocycles. The van der Waals surface area contributed by atoms with Crippen molar-refractivity contribution < 1.29 is 9.53 Å². The van der Waals surface area contributed by atoms with E-state index in [0.717, 1.165) is 38.1 Å². The third-order valence-corrected chi connectivity index (χ3v) is 4.19. The lowest BCUT2D eigenvalue weighted by Gasteiger charge is -2.23. The van der Waals surface area contributed by atoms with E-state index < -0.39 is 0 Å². The van der Waals surface area contributed by atoms with E-state index in [0.29, 0.717) is 5.92 Å². The van der Waals surface area contributed by atoms with E-state index in [4.69, 9.17) is 4.74 Å². The number of ether oxygens (including phenoxy) is 1. The molecule has 4 heteroatoms. The fourth-order valence-electron chi connectivity index (χ4n) is 2.71. The van der Waals surface area contributed by atoms with Gasteiger partial charge in [0.05, 0.1) is 13.2 Å². The zero-order valence-corrected chi connectivity index (χ0v) is 13.0. The Morgan fingerprint density at radius 3 is 2.76 bits per heavy atom. The maximum Gasteiger partial charge on any atom is 0.237 e. The normalized spacial score (nSPS) is 19.8.